The summed E-state index contributed by atoms with van der Waals surface area (Å²) in [6, 6.07) is 0.497. The molecule has 0 saturated heterocycles. The van der Waals surface area contributed by atoms with E-state index in [4.69, 9.17) is 0 Å². The van der Waals surface area contributed by atoms with Gasteiger partial charge in [-0.05, 0) is 32.4 Å². The van der Waals surface area contributed by atoms with Gasteiger partial charge in [-0.1, -0.05) is 34.1 Å². The van der Waals surface area contributed by atoms with Gasteiger partial charge in [-0.3, -0.25) is 0 Å². The summed E-state index contributed by atoms with van der Waals surface area (Å²) in [7, 11) is 0. The molecule has 0 aromatic rings. The maximum atomic E-state index is 9.92. The van der Waals surface area contributed by atoms with E-state index in [0.29, 0.717) is 12.6 Å². The van der Waals surface area contributed by atoms with Crippen molar-refractivity contribution in [2.75, 3.05) is 26.2 Å². The molecule has 0 aliphatic rings. The van der Waals surface area contributed by atoms with Crippen molar-refractivity contribution >= 4 is 0 Å². The fourth-order valence-corrected chi connectivity index (χ4v) is 2.04. The van der Waals surface area contributed by atoms with E-state index in [9.17, 15) is 5.11 Å². The number of hydrogen-bond donors (Lipinski definition) is 2. The lowest BCUT2D eigenvalue weighted by Gasteiger charge is -2.24. The van der Waals surface area contributed by atoms with Gasteiger partial charge in [0, 0.05) is 19.1 Å². The lowest BCUT2D eigenvalue weighted by atomic mass is 10.0. The Morgan fingerprint density at radius 3 is 2.18 bits per heavy atom. The third-order valence-corrected chi connectivity index (χ3v) is 3.52. The molecule has 0 aromatic carbocycles. The first-order chi connectivity index (χ1) is 8.03. The summed E-state index contributed by atoms with van der Waals surface area (Å²) >= 11 is 0. The van der Waals surface area contributed by atoms with Crippen LogP contribution in [0.2, 0.25) is 0 Å². The monoisotopic (exact) mass is 244 g/mol. The zero-order valence-electron chi connectivity index (χ0n) is 12.4. The van der Waals surface area contributed by atoms with Gasteiger partial charge in [-0.2, -0.15) is 0 Å². The number of nitrogens with one attached hydrogen (secondary N) is 1. The number of aliphatic hydroxyl groups is 1. The highest BCUT2D eigenvalue weighted by Gasteiger charge is 2.11. The lowest BCUT2D eigenvalue weighted by molar-refractivity contribution is 0.113. The molecule has 0 spiro atoms. The van der Waals surface area contributed by atoms with Crippen molar-refractivity contribution in [3.8, 4) is 0 Å². The normalized spacial score (nSPS) is 17.1. The van der Waals surface area contributed by atoms with Gasteiger partial charge in [-0.15, -0.1) is 0 Å². The fraction of sp³-hybridized carbons (Fsp3) is 1.00. The Morgan fingerprint density at radius 1 is 1.12 bits per heavy atom. The average molecular weight is 244 g/mol. The van der Waals surface area contributed by atoms with Crippen LogP contribution in [0.1, 0.15) is 47.5 Å². The minimum Gasteiger partial charge on any atom is -0.390 e. The summed E-state index contributed by atoms with van der Waals surface area (Å²) in [5.41, 5.74) is 0. The molecule has 3 unspecified atom stereocenters. The van der Waals surface area contributed by atoms with Crippen LogP contribution in [-0.2, 0) is 0 Å². The van der Waals surface area contributed by atoms with Crippen molar-refractivity contribution in [1.82, 2.24) is 10.2 Å². The van der Waals surface area contributed by atoms with Crippen molar-refractivity contribution in [2.24, 2.45) is 5.92 Å². The Balaban J connectivity index is 3.71. The van der Waals surface area contributed by atoms with Crippen LogP contribution in [0.25, 0.3) is 0 Å². The van der Waals surface area contributed by atoms with Crippen molar-refractivity contribution in [1.29, 1.82) is 0 Å². The van der Waals surface area contributed by atoms with Gasteiger partial charge in [0.2, 0.25) is 0 Å². The fourth-order valence-electron chi connectivity index (χ4n) is 2.04. The van der Waals surface area contributed by atoms with Gasteiger partial charge in [0.15, 0.2) is 0 Å². The molecule has 0 fully saturated rings. The van der Waals surface area contributed by atoms with Crippen LogP contribution in [0, 0.1) is 5.92 Å². The molecule has 104 valence electrons. The predicted molar refractivity (Wildman–Crippen MR) is 75.3 cm³/mol. The number of likely N-dealkylation sites (N-methyl/N-ethyl adjacent to an activating group) is 1. The van der Waals surface area contributed by atoms with Crippen LogP contribution < -0.4 is 5.32 Å². The first-order valence-corrected chi connectivity index (χ1v) is 7.17. The molecule has 3 nitrogen and oxygen atoms in total. The van der Waals surface area contributed by atoms with Crippen LogP contribution in [-0.4, -0.2) is 48.3 Å². The third kappa shape index (κ3) is 8.58. The second-order valence-corrected chi connectivity index (χ2v) is 5.20. The molecular formula is C14H32N2O. The molecule has 0 aliphatic carbocycles. The number of hydrogen-bond acceptors (Lipinski definition) is 3. The minimum atomic E-state index is -0.255. The van der Waals surface area contributed by atoms with Gasteiger partial charge >= 0.3 is 0 Å². The second-order valence-electron chi connectivity index (χ2n) is 5.20. The Bertz CT molecular complexity index is 172. The van der Waals surface area contributed by atoms with E-state index >= 15 is 0 Å². The largest absolute Gasteiger partial charge is 0.390 e. The molecule has 0 heterocycles. The van der Waals surface area contributed by atoms with E-state index in [-0.39, 0.29) is 6.10 Å². The summed E-state index contributed by atoms with van der Waals surface area (Å²) in [6.07, 6.45) is 2.16. The molecule has 0 rings (SSSR count). The average Bonchev–Trinajstić information content (AvgIpc) is 2.33. The van der Waals surface area contributed by atoms with E-state index in [1.165, 1.54) is 12.8 Å². The zero-order valence-corrected chi connectivity index (χ0v) is 12.4. The Kier molecular flexibility index (Phi) is 9.79. The maximum absolute atomic E-state index is 9.92. The Labute approximate surface area is 108 Å². The van der Waals surface area contributed by atoms with Crippen molar-refractivity contribution < 1.29 is 5.11 Å². The van der Waals surface area contributed by atoms with Gasteiger partial charge < -0.3 is 15.3 Å². The Hall–Kier alpha value is -0.120. The molecule has 0 bridgehead atoms. The summed E-state index contributed by atoms with van der Waals surface area (Å²) < 4.78 is 0. The minimum absolute atomic E-state index is 0.255. The van der Waals surface area contributed by atoms with Crippen molar-refractivity contribution in [2.45, 2.75) is 59.6 Å². The van der Waals surface area contributed by atoms with Gasteiger partial charge in [0.25, 0.3) is 0 Å². The molecule has 0 aromatic heterocycles. The van der Waals surface area contributed by atoms with Crippen LogP contribution in [0.5, 0.6) is 0 Å². The smallest absolute Gasteiger partial charge is 0.0791 e. The topological polar surface area (TPSA) is 35.5 Å². The number of nitrogens with zero attached hydrogens (tertiary/aromatic N) is 1. The highest BCUT2D eigenvalue weighted by atomic mass is 16.3. The first kappa shape index (κ1) is 16.9. The quantitative estimate of drug-likeness (QED) is 0.618. The SMILES string of the molecule is CCC(C)CC(C)NCC(O)CN(CC)CC. The van der Waals surface area contributed by atoms with E-state index in [1.54, 1.807) is 0 Å². The van der Waals surface area contributed by atoms with Gasteiger partial charge in [0.05, 0.1) is 6.10 Å². The lowest BCUT2D eigenvalue weighted by Crippen LogP contribution is -2.41. The molecule has 3 heteroatoms. The Morgan fingerprint density at radius 2 is 1.71 bits per heavy atom. The second kappa shape index (κ2) is 9.86. The summed E-state index contributed by atoms with van der Waals surface area (Å²) in [6.45, 7) is 14.5. The van der Waals surface area contributed by atoms with Crippen LogP contribution >= 0.6 is 0 Å². The van der Waals surface area contributed by atoms with E-state index in [1.807, 2.05) is 0 Å². The third-order valence-electron chi connectivity index (χ3n) is 3.52. The summed E-state index contributed by atoms with van der Waals surface area (Å²) in [5.74, 6) is 0.762. The number of aliphatic hydroxyl groups excluding tert-OH is 1. The summed E-state index contributed by atoms with van der Waals surface area (Å²) in [4.78, 5) is 2.26. The number of rotatable bonds is 10. The summed E-state index contributed by atoms with van der Waals surface area (Å²) in [5, 5.41) is 13.3. The highest BCUT2D eigenvalue weighted by Crippen LogP contribution is 2.09. The van der Waals surface area contributed by atoms with Crippen LogP contribution in [0.4, 0.5) is 0 Å². The predicted octanol–water partition coefficient (Wildman–Crippen LogP) is 2.10. The van der Waals surface area contributed by atoms with Gasteiger partial charge in [0.1, 0.15) is 0 Å². The molecule has 17 heavy (non-hydrogen) atoms. The van der Waals surface area contributed by atoms with Crippen LogP contribution in [0.3, 0.4) is 0 Å². The highest BCUT2D eigenvalue weighted by molar-refractivity contribution is 4.70. The van der Waals surface area contributed by atoms with Crippen molar-refractivity contribution in [3.05, 3.63) is 0 Å². The van der Waals surface area contributed by atoms with Crippen molar-refractivity contribution in [3.63, 3.8) is 0 Å². The molecule has 0 amide bonds. The zero-order chi connectivity index (χ0) is 13.3. The van der Waals surface area contributed by atoms with Gasteiger partial charge in [-0.25, -0.2) is 0 Å². The molecule has 2 N–H and O–H groups in total. The molecule has 0 radical (unpaired) electrons. The molecular weight excluding hydrogens is 212 g/mol. The van der Waals surface area contributed by atoms with E-state index < -0.39 is 0 Å². The molecule has 0 aliphatic heterocycles. The standard InChI is InChI=1S/C14H32N2O/c1-6-12(4)9-13(5)15-10-14(17)11-16(7-2)8-3/h12-15,17H,6-11H2,1-5H3. The van der Waals surface area contributed by atoms with Crippen LogP contribution in [0.15, 0.2) is 0 Å². The molecule has 3 atom stereocenters. The van der Waals surface area contributed by atoms with E-state index in [0.717, 1.165) is 25.6 Å². The van der Waals surface area contributed by atoms with E-state index in [2.05, 4.69) is 44.8 Å². The maximum Gasteiger partial charge on any atom is 0.0791 e. The molecule has 0 saturated carbocycles. The first-order valence-electron chi connectivity index (χ1n) is 7.17.